The van der Waals surface area contributed by atoms with Gasteiger partial charge in [0.15, 0.2) is 0 Å². The van der Waals surface area contributed by atoms with Crippen LogP contribution in [-0.4, -0.2) is 14.7 Å². The quantitative estimate of drug-likeness (QED) is 0.678. The summed E-state index contributed by atoms with van der Waals surface area (Å²) in [7, 11) is 1.93. The Hall–Kier alpha value is -2.21. The van der Waals surface area contributed by atoms with Crippen LogP contribution in [0.25, 0.3) is 0 Å². The highest BCUT2D eigenvalue weighted by Crippen LogP contribution is 2.21. The molecule has 2 aromatic rings. The molecular formula is C15H20N4O2. The van der Waals surface area contributed by atoms with Crippen molar-refractivity contribution in [1.29, 1.82) is 0 Å². The topological polar surface area (TPSA) is 73.0 Å². The van der Waals surface area contributed by atoms with Crippen molar-refractivity contribution in [2.24, 2.45) is 7.05 Å². The predicted octanol–water partition coefficient (Wildman–Crippen LogP) is 2.54. The number of aromatic nitrogens is 2. The normalized spacial score (nSPS) is 10.9. The van der Waals surface area contributed by atoms with E-state index in [-0.39, 0.29) is 10.6 Å². The Labute approximate surface area is 123 Å². The van der Waals surface area contributed by atoms with E-state index in [1.165, 1.54) is 11.6 Å². The van der Waals surface area contributed by atoms with Crippen molar-refractivity contribution in [2.75, 3.05) is 0 Å². The average molecular weight is 288 g/mol. The third-order valence-corrected chi connectivity index (χ3v) is 3.89. The lowest BCUT2D eigenvalue weighted by atomic mass is 10.1. The summed E-state index contributed by atoms with van der Waals surface area (Å²) in [4.78, 5) is 10.6. The molecule has 112 valence electrons. The Balaban J connectivity index is 2.07. The van der Waals surface area contributed by atoms with Gasteiger partial charge in [-0.15, -0.1) is 0 Å². The molecule has 0 amide bonds. The number of benzene rings is 1. The third kappa shape index (κ3) is 3.11. The molecular weight excluding hydrogens is 268 g/mol. The zero-order valence-corrected chi connectivity index (χ0v) is 12.8. The van der Waals surface area contributed by atoms with Crippen molar-refractivity contribution in [3.63, 3.8) is 0 Å². The molecule has 0 bridgehead atoms. The summed E-state index contributed by atoms with van der Waals surface area (Å²) in [6.07, 6.45) is 0. The molecule has 6 nitrogen and oxygen atoms in total. The highest BCUT2D eigenvalue weighted by molar-refractivity contribution is 5.44. The first-order valence-electron chi connectivity index (χ1n) is 6.84. The van der Waals surface area contributed by atoms with E-state index in [2.05, 4.69) is 10.4 Å². The zero-order chi connectivity index (χ0) is 15.6. The maximum atomic E-state index is 10.9. The third-order valence-electron chi connectivity index (χ3n) is 3.89. The number of rotatable bonds is 5. The van der Waals surface area contributed by atoms with Crippen LogP contribution in [0.2, 0.25) is 0 Å². The fourth-order valence-electron chi connectivity index (χ4n) is 2.45. The molecule has 1 aromatic heterocycles. The number of aryl methyl sites for hydroxylation is 2. The van der Waals surface area contributed by atoms with Gasteiger partial charge in [0, 0.05) is 43.0 Å². The molecule has 2 rings (SSSR count). The predicted molar refractivity (Wildman–Crippen MR) is 81.1 cm³/mol. The SMILES string of the molecule is Cc1nn(C)c(C)c1CNCc1cccc([N+](=O)[O-])c1C. The molecule has 0 radical (unpaired) electrons. The van der Waals surface area contributed by atoms with E-state index in [9.17, 15) is 10.1 Å². The number of nitro benzene ring substituents is 1. The van der Waals surface area contributed by atoms with Crippen molar-refractivity contribution >= 4 is 5.69 Å². The van der Waals surface area contributed by atoms with Crippen LogP contribution in [0.3, 0.4) is 0 Å². The Morgan fingerprint density at radius 2 is 2.00 bits per heavy atom. The van der Waals surface area contributed by atoms with Gasteiger partial charge in [0.05, 0.1) is 10.6 Å². The molecule has 6 heteroatoms. The van der Waals surface area contributed by atoms with E-state index >= 15 is 0 Å². The molecule has 0 spiro atoms. The van der Waals surface area contributed by atoms with Crippen LogP contribution in [0.1, 0.15) is 28.1 Å². The fraction of sp³-hybridized carbons (Fsp3) is 0.400. The zero-order valence-electron chi connectivity index (χ0n) is 12.8. The second-order valence-electron chi connectivity index (χ2n) is 5.19. The van der Waals surface area contributed by atoms with E-state index in [1.54, 1.807) is 13.0 Å². The number of nitrogens with one attached hydrogen (secondary N) is 1. The van der Waals surface area contributed by atoms with Crippen LogP contribution in [-0.2, 0) is 20.1 Å². The summed E-state index contributed by atoms with van der Waals surface area (Å²) in [5, 5.41) is 18.7. The molecule has 0 aliphatic heterocycles. The first-order chi connectivity index (χ1) is 9.91. The molecule has 1 heterocycles. The van der Waals surface area contributed by atoms with Crippen LogP contribution in [0.15, 0.2) is 18.2 Å². The summed E-state index contributed by atoms with van der Waals surface area (Å²) in [5.74, 6) is 0. The minimum absolute atomic E-state index is 0.169. The minimum atomic E-state index is -0.339. The molecule has 0 saturated heterocycles. The molecule has 0 saturated carbocycles. The van der Waals surface area contributed by atoms with Crippen LogP contribution < -0.4 is 5.32 Å². The van der Waals surface area contributed by atoms with Crippen molar-refractivity contribution in [3.05, 3.63) is 56.4 Å². The number of hydrogen-bond donors (Lipinski definition) is 1. The van der Waals surface area contributed by atoms with Gasteiger partial charge in [0.25, 0.3) is 5.69 Å². The lowest BCUT2D eigenvalue weighted by Crippen LogP contribution is -2.15. The number of hydrogen-bond acceptors (Lipinski definition) is 4. The molecule has 21 heavy (non-hydrogen) atoms. The number of nitro groups is 1. The van der Waals surface area contributed by atoms with Crippen LogP contribution in [0.4, 0.5) is 5.69 Å². The van der Waals surface area contributed by atoms with E-state index in [1.807, 2.05) is 31.6 Å². The van der Waals surface area contributed by atoms with E-state index in [0.717, 1.165) is 22.5 Å². The summed E-state index contributed by atoms with van der Waals surface area (Å²) in [6, 6.07) is 5.18. The highest BCUT2D eigenvalue weighted by Gasteiger charge is 2.13. The molecule has 0 aliphatic rings. The van der Waals surface area contributed by atoms with Crippen molar-refractivity contribution in [1.82, 2.24) is 15.1 Å². The van der Waals surface area contributed by atoms with Gasteiger partial charge in [-0.05, 0) is 26.3 Å². The van der Waals surface area contributed by atoms with E-state index in [4.69, 9.17) is 0 Å². The van der Waals surface area contributed by atoms with E-state index < -0.39 is 0 Å². The van der Waals surface area contributed by atoms with Gasteiger partial charge in [-0.1, -0.05) is 12.1 Å². The molecule has 1 N–H and O–H groups in total. The van der Waals surface area contributed by atoms with Crippen molar-refractivity contribution < 1.29 is 4.92 Å². The van der Waals surface area contributed by atoms with Gasteiger partial charge in [-0.3, -0.25) is 14.8 Å². The molecule has 1 aromatic carbocycles. The first-order valence-corrected chi connectivity index (χ1v) is 6.84. The molecule has 0 aliphatic carbocycles. The van der Waals surface area contributed by atoms with Gasteiger partial charge in [0.2, 0.25) is 0 Å². The standard InChI is InChI=1S/C15H20N4O2/c1-10-13(6-5-7-15(10)19(20)21)8-16-9-14-11(2)17-18(4)12(14)3/h5-7,16H,8-9H2,1-4H3. The van der Waals surface area contributed by atoms with Crippen molar-refractivity contribution in [3.8, 4) is 0 Å². The van der Waals surface area contributed by atoms with Crippen LogP contribution in [0.5, 0.6) is 0 Å². The fourth-order valence-corrected chi connectivity index (χ4v) is 2.45. The Morgan fingerprint density at radius 1 is 1.29 bits per heavy atom. The molecule has 0 unspecified atom stereocenters. The maximum absolute atomic E-state index is 10.9. The molecule has 0 fully saturated rings. The minimum Gasteiger partial charge on any atom is -0.308 e. The van der Waals surface area contributed by atoms with E-state index in [0.29, 0.717) is 13.1 Å². The summed E-state index contributed by atoms with van der Waals surface area (Å²) in [5.41, 5.74) is 5.16. The Morgan fingerprint density at radius 3 is 2.57 bits per heavy atom. The lowest BCUT2D eigenvalue weighted by molar-refractivity contribution is -0.385. The van der Waals surface area contributed by atoms with Gasteiger partial charge in [-0.2, -0.15) is 5.10 Å². The number of nitrogens with zero attached hydrogens (tertiary/aromatic N) is 3. The lowest BCUT2D eigenvalue weighted by Gasteiger charge is -2.08. The second kappa shape index (κ2) is 6.05. The first kappa shape index (κ1) is 15.2. The molecule has 0 atom stereocenters. The van der Waals surface area contributed by atoms with Crippen LogP contribution >= 0.6 is 0 Å². The second-order valence-corrected chi connectivity index (χ2v) is 5.19. The maximum Gasteiger partial charge on any atom is 0.272 e. The summed E-state index contributed by atoms with van der Waals surface area (Å²) >= 11 is 0. The summed E-state index contributed by atoms with van der Waals surface area (Å²) in [6.45, 7) is 7.11. The van der Waals surface area contributed by atoms with Gasteiger partial charge >= 0.3 is 0 Å². The Kier molecular flexibility index (Phi) is 4.37. The average Bonchev–Trinajstić information content (AvgIpc) is 2.66. The van der Waals surface area contributed by atoms with Gasteiger partial charge < -0.3 is 5.32 Å². The smallest absolute Gasteiger partial charge is 0.272 e. The monoisotopic (exact) mass is 288 g/mol. The van der Waals surface area contributed by atoms with Crippen molar-refractivity contribution in [2.45, 2.75) is 33.9 Å². The van der Waals surface area contributed by atoms with Gasteiger partial charge in [-0.25, -0.2) is 0 Å². The largest absolute Gasteiger partial charge is 0.308 e. The summed E-state index contributed by atoms with van der Waals surface area (Å²) < 4.78 is 1.87. The Bertz CT molecular complexity index is 677. The van der Waals surface area contributed by atoms with Crippen LogP contribution in [0, 0.1) is 30.9 Å². The van der Waals surface area contributed by atoms with Gasteiger partial charge in [0.1, 0.15) is 0 Å². The highest BCUT2D eigenvalue weighted by atomic mass is 16.6.